The Morgan fingerprint density at radius 1 is 1.38 bits per heavy atom. The monoisotopic (exact) mass is 290 g/mol. The molecule has 0 atom stereocenters. The van der Waals surface area contributed by atoms with Crippen molar-refractivity contribution in [3.63, 3.8) is 0 Å². The lowest BCUT2D eigenvalue weighted by Gasteiger charge is -2.34. The minimum Gasteiger partial charge on any atom is -0.496 e. The number of ether oxygens (including phenoxy) is 1. The van der Waals surface area contributed by atoms with E-state index in [1.54, 1.807) is 14.0 Å². The molecule has 0 unspecified atom stereocenters. The van der Waals surface area contributed by atoms with Gasteiger partial charge in [-0.3, -0.25) is 9.69 Å². The van der Waals surface area contributed by atoms with Crippen molar-refractivity contribution in [3.8, 4) is 5.75 Å². The molecule has 2 rings (SSSR count). The van der Waals surface area contributed by atoms with Crippen molar-refractivity contribution >= 4 is 5.78 Å². The summed E-state index contributed by atoms with van der Waals surface area (Å²) in [5.74, 6) is 0.969. The molecule has 1 saturated heterocycles. The van der Waals surface area contributed by atoms with E-state index in [2.05, 4.69) is 17.1 Å². The third kappa shape index (κ3) is 4.05. The molecule has 1 aromatic carbocycles. The standard InChI is InChI=1S/C17H26N2O2/c1-4-19(16-7-9-18-10-8-16)12-15-11-14(13(2)20)5-6-17(15)21-3/h5-6,11,16,18H,4,7-10,12H2,1-3H3. The predicted molar refractivity (Wildman–Crippen MR) is 85.0 cm³/mol. The number of methoxy groups -OCH3 is 1. The Labute approximate surface area is 127 Å². The second-order valence-corrected chi connectivity index (χ2v) is 5.63. The predicted octanol–water partition coefficient (Wildman–Crippen LogP) is 2.47. The van der Waals surface area contributed by atoms with Crippen molar-refractivity contribution in [1.82, 2.24) is 10.2 Å². The Hall–Kier alpha value is -1.39. The number of carbonyl (C=O) groups excluding carboxylic acids is 1. The number of hydrogen-bond acceptors (Lipinski definition) is 4. The molecule has 1 heterocycles. The first-order chi connectivity index (χ1) is 10.2. The summed E-state index contributed by atoms with van der Waals surface area (Å²) in [6, 6.07) is 6.33. The fourth-order valence-electron chi connectivity index (χ4n) is 3.01. The van der Waals surface area contributed by atoms with Crippen LogP contribution in [0.3, 0.4) is 0 Å². The van der Waals surface area contributed by atoms with Gasteiger partial charge in [0.15, 0.2) is 5.78 Å². The summed E-state index contributed by atoms with van der Waals surface area (Å²) in [5.41, 5.74) is 1.86. The molecule has 1 aromatic rings. The fraction of sp³-hybridized carbons (Fsp3) is 0.588. The second kappa shape index (κ2) is 7.57. The largest absolute Gasteiger partial charge is 0.496 e. The summed E-state index contributed by atoms with van der Waals surface area (Å²) >= 11 is 0. The maximum Gasteiger partial charge on any atom is 0.159 e. The Balaban J connectivity index is 2.18. The van der Waals surface area contributed by atoms with Crippen LogP contribution < -0.4 is 10.1 Å². The molecule has 0 aromatic heterocycles. The molecule has 0 spiro atoms. The van der Waals surface area contributed by atoms with Crippen LogP contribution in [0.4, 0.5) is 0 Å². The summed E-state index contributed by atoms with van der Waals surface area (Å²) in [5, 5.41) is 3.41. The van der Waals surface area contributed by atoms with Crippen molar-refractivity contribution in [2.24, 2.45) is 0 Å². The van der Waals surface area contributed by atoms with E-state index in [4.69, 9.17) is 4.74 Å². The Morgan fingerprint density at radius 3 is 2.67 bits per heavy atom. The Bertz CT molecular complexity index is 482. The van der Waals surface area contributed by atoms with Gasteiger partial charge in [-0.2, -0.15) is 0 Å². The van der Waals surface area contributed by atoms with Gasteiger partial charge in [-0.25, -0.2) is 0 Å². The number of rotatable bonds is 6. The van der Waals surface area contributed by atoms with Gasteiger partial charge in [0, 0.05) is 23.7 Å². The number of ketones is 1. The molecule has 4 heteroatoms. The lowest BCUT2D eigenvalue weighted by atomic mass is 10.0. The zero-order valence-electron chi connectivity index (χ0n) is 13.3. The first-order valence-electron chi connectivity index (χ1n) is 7.78. The molecule has 1 aliphatic heterocycles. The van der Waals surface area contributed by atoms with Crippen LogP contribution in [-0.4, -0.2) is 43.5 Å². The minimum atomic E-state index is 0.101. The van der Waals surface area contributed by atoms with E-state index in [-0.39, 0.29) is 5.78 Å². The van der Waals surface area contributed by atoms with Crippen molar-refractivity contribution in [1.29, 1.82) is 0 Å². The highest BCUT2D eigenvalue weighted by Crippen LogP contribution is 2.24. The number of Topliss-reactive ketones (excluding diaryl/α,β-unsaturated/α-hetero) is 1. The highest BCUT2D eigenvalue weighted by Gasteiger charge is 2.21. The van der Waals surface area contributed by atoms with Gasteiger partial charge in [0.2, 0.25) is 0 Å². The van der Waals surface area contributed by atoms with Crippen molar-refractivity contribution in [2.75, 3.05) is 26.7 Å². The molecular formula is C17H26N2O2. The quantitative estimate of drug-likeness (QED) is 0.817. The number of hydrogen-bond donors (Lipinski definition) is 1. The van der Waals surface area contributed by atoms with E-state index >= 15 is 0 Å². The van der Waals surface area contributed by atoms with E-state index in [1.807, 2.05) is 18.2 Å². The summed E-state index contributed by atoms with van der Waals surface area (Å²) < 4.78 is 5.46. The van der Waals surface area contributed by atoms with Gasteiger partial charge >= 0.3 is 0 Å². The minimum absolute atomic E-state index is 0.101. The molecular weight excluding hydrogens is 264 g/mol. The molecule has 1 fully saturated rings. The summed E-state index contributed by atoms with van der Waals surface area (Å²) in [4.78, 5) is 14.1. The van der Waals surface area contributed by atoms with Crippen LogP contribution in [0.2, 0.25) is 0 Å². The van der Waals surface area contributed by atoms with Crippen molar-refractivity contribution < 1.29 is 9.53 Å². The van der Waals surface area contributed by atoms with E-state index in [9.17, 15) is 4.79 Å². The van der Waals surface area contributed by atoms with Gasteiger partial charge in [-0.1, -0.05) is 6.92 Å². The molecule has 0 bridgehead atoms. The maximum atomic E-state index is 11.6. The smallest absolute Gasteiger partial charge is 0.159 e. The summed E-state index contributed by atoms with van der Waals surface area (Å²) in [6.45, 7) is 7.83. The van der Waals surface area contributed by atoms with Gasteiger partial charge in [-0.05, 0) is 57.6 Å². The number of nitrogens with zero attached hydrogens (tertiary/aromatic N) is 1. The van der Waals surface area contributed by atoms with Gasteiger partial charge in [-0.15, -0.1) is 0 Å². The zero-order chi connectivity index (χ0) is 15.2. The average Bonchev–Trinajstić information content (AvgIpc) is 2.53. The van der Waals surface area contributed by atoms with Gasteiger partial charge in [0.05, 0.1) is 7.11 Å². The summed E-state index contributed by atoms with van der Waals surface area (Å²) in [7, 11) is 1.69. The second-order valence-electron chi connectivity index (χ2n) is 5.63. The highest BCUT2D eigenvalue weighted by atomic mass is 16.5. The van der Waals surface area contributed by atoms with Crippen molar-refractivity contribution in [2.45, 2.75) is 39.3 Å². The van der Waals surface area contributed by atoms with Crippen LogP contribution in [0.1, 0.15) is 42.6 Å². The van der Waals surface area contributed by atoms with Gasteiger partial charge in [0.1, 0.15) is 5.75 Å². The van der Waals surface area contributed by atoms with Crippen LogP contribution in [0.5, 0.6) is 5.75 Å². The first-order valence-corrected chi connectivity index (χ1v) is 7.78. The molecule has 21 heavy (non-hydrogen) atoms. The molecule has 1 N–H and O–H groups in total. The zero-order valence-corrected chi connectivity index (χ0v) is 13.3. The van der Waals surface area contributed by atoms with Gasteiger partial charge in [0.25, 0.3) is 0 Å². The number of carbonyl (C=O) groups is 1. The van der Waals surface area contributed by atoms with Crippen LogP contribution in [-0.2, 0) is 6.54 Å². The van der Waals surface area contributed by atoms with Crippen molar-refractivity contribution in [3.05, 3.63) is 29.3 Å². The topological polar surface area (TPSA) is 41.6 Å². The lowest BCUT2D eigenvalue weighted by molar-refractivity contribution is 0.101. The van der Waals surface area contributed by atoms with E-state index in [0.29, 0.717) is 6.04 Å². The highest BCUT2D eigenvalue weighted by molar-refractivity contribution is 5.94. The Morgan fingerprint density at radius 2 is 2.10 bits per heavy atom. The van der Waals surface area contributed by atoms with Crippen LogP contribution >= 0.6 is 0 Å². The van der Waals surface area contributed by atoms with E-state index < -0.39 is 0 Å². The number of piperidine rings is 1. The third-order valence-electron chi connectivity index (χ3n) is 4.29. The normalized spacial score (nSPS) is 16.2. The molecule has 116 valence electrons. The molecule has 1 aliphatic rings. The molecule has 0 radical (unpaired) electrons. The molecule has 0 amide bonds. The third-order valence-corrected chi connectivity index (χ3v) is 4.29. The first kappa shape index (κ1) is 16.0. The molecule has 4 nitrogen and oxygen atoms in total. The Kier molecular flexibility index (Phi) is 5.76. The average molecular weight is 290 g/mol. The van der Waals surface area contributed by atoms with E-state index in [0.717, 1.165) is 43.1 Å². The van der Waals surface area contributed by atoms with E-state index in [1.165, 1.54) is 12.8 Å². The fourth-order valence-corrected chi connectivity index (χ4v) is 3.01. The molecule has 0 saturated carbocycles. The maximum absolute atomic E-state index is 11.6. The number of nitrogens with one attached hydrogen (secondary N) is 1. The van der Waals surface area contributed by atoms with Gasteiger partial charge < -0.3 is 10.1 Å². The van der Waals surface area contributed by atoms with Crippen LogP contribution in [0, 0.1) is 0 Å². The number of benzene rings is 1. The van der Waals surface area contributed by atoms with Crippen LogP contribution in [0.15, 0.2) is 18.2 Å². The summed E-state index contributed by atoms with van der Waals surface area (Å²) in [6.07, 6.45) is 2.37. The molecule has 0 aliphatic carbocycles. The SMILES string of the molecule is CCN(Cc1cc(C(C)=O)ccc1OC)C1CCNCC1. The van der Waals surface area contributed by atoms with Crippen LogP contribution in [0.25, 0.3) is 0 Å². The lowest BCUT2D eigenvalue weighted by Crippen LogP contribution is -2.42.